The quantitative estimate of drug-likeness (QED) is 0.868. The highest BCUT2D eigenvalue weighted by Gasteiger charge is 2.31. The van der Waals surface area contributed by atoms with Gasteiger partial charge in [0.05, 0.1) is 0 Å². The van der Waals surface area contributed by atoms with Crippen LogP contribution in [0.15, 0.2) is 18.2 Å². The molecular weight excluding hydrogens is 224 g/mol. The van der Waals surface area contributed by atoms with E-state index in [9.17, 15) is 0 Å². The molecule has 1 aromatic carbocycles. The van der Waals surface area contributed by atoms with Crippen molar-refractivity contribution in [2.75, 3.05) is 32.0 Å². The van der Waals surface area contributed by atoms with E-state index in [4.69, 9.17) is 4.74 Å². The van der Waals surface area contributed by atoms with Gasteiger partial charge in [0.1, 0.15) is 11.4 Å². The number of hydrogen-bond donors (Lipinski definition) is 1. The number of nitrogens with zero attached hydrogens (tertiary/aromatic N) is 1. The molecule has 3 nitrogen and oxygen atoms in total. The molecule has 3 rings (SSSR count). The minimum absolute atomic E-state index is 0.00673. The molecule has 0 unspecified atom stereocenters. The van der Waals surface area contributed by atoms with Gasteiger partial charge < -0.3 is 15.0 Å². The van der Waals surface area contributed by atoms with E-state index in [2.05, 4.69) is 42.4 Å². The van der Waals surface area contributed by atoms with Crippen LogP contribution >= 0.6 is 0 Å². The Kier molecular flexibility index (Phi) is 2.94. The summed E-state index contributed by atoms with van der Waals surface area (Å²) in [5, 5.41) is 3.38. The summed E-state index contributed by atoms with van der Waals surface area (Å²) < 4.78 is 6.26. The molecule has 1 N–H and O–H groups in total. The van der Waals surface area contributed by atoms with Crippen LogP contribution < -0.4 is 10.1 Å². The minimum atomic E-state index is 0.00673. The van der Waals surface area contributed by atoms with Crippen LogP contribution in [0.2, 0.25) is 0 Å². The number of rotatable bonds is 2. The van der Waals surface area contributed by atoms with Crippen molar-refractivity contribution in [2.45, 2.75) is 31.8 Å². The molecule has 1 fully saturated rings. The summed E-state index contributed by atoms with van der Waals surface area (Å²) in [7, 11) is 2.18. The maximum Gasteiger partial charge on any atom is 0.120 e. The Labute approximate surface area is 109 Å². The third-order valence-electron chi connectivity index (χ3n) is 4.20. The predicted molar refractivity (Wildman–Crippen MR) is 74.4 cm³/mol. The number of benzene rings is 1. The topological polar surface area (TPSA) is 24.5 Å². The largest absolute Gasteiger partial charge is 0.487 e. The van der Waals surface area contributed by atoms with Gasteiger partial charge >= 0.3 is 0 Å². The molecule has 2 aliphatic heterocycles. The number of piperidine rings is 1. The van der Waals surface area contributed by atoms with E-state index >= 15 is 0 Å². The van der Waals surface area contributed by atoms with Crippen LogP contribution in [0.1, 0.15) is 25.3 Å². The summed E-state index contributed by atoms with van der Waals surface area (Å²) in [6.07, 6.45) is 3.34. The molecule has 0 amide bonds. The van der Waals surface area contributed by atoms with E-state index in [-0.39, 0.29) is 5.60 Å². The Bertz CT molecular complexity index is 436. The zero-order valence-electron chi connectivity index (χ0n) is 11.3. The van der Waals surface area contributed by atoms with Crippen molar-refractivity contribution in [3.05, 3.63) is 23.8 Å². The summed E-state index contributed by atoms with van der Waals surface area (Å²) >= 11 is 0. The molecular formula is C15H22N2O. The standard InChI is InChI=1S/C15H22N2O/c1-15(6-9-17(2)10-7-15)18-13-3-4-14-12(11-13)5-8-16-14/h3-4,11,16H,5-10H2,1-2H3. The van der Waals surface area contributed by atoms with E-state index in [0.717, 1.165) is 44.6 Å². The molecule has 2 aliphatic rings. The van der Waals surface area contributed by atoms with Gasteiger partial charge in [-0.15, -0.1) is 0 Å². The first-order valence-corrected chi connectivity index (χ1v) is 6.89. The van der Waals surface area contributed by atoms with Crippen molar-refractivity contribution >= 4 is 5.69 Å². The monoisotopic (exact) mass is 246 g/mol. The average Bonchev–Trinajstić information content (AvgIpc) is 2.81. The molecule has 98 valence electrons. The van der Waals surface area contributed by atoms with Crippen LogP contribution in [0, 0.1) is 0 Å². The second-order valence-electron chi connectivity index (χ2n) is 5.85. The fourth-order valence-corrected chi connectivity index (χ4v) is 2.82. The third-order valence-corrected chi connectivity index (χ3v) is 4.20. The Hall–Kier alpha value is -1.22. The highest BCUT2D eigenvalue weighted by molar-refractivity contribution is 5.57. The smallest absolute Gasteiger partial charge is 0.120 e. The minimum Gasteiger partial charge on any atom is -0.487 e. The first-order chi connectivity index (χ1) is 8.65. The van der Waals surface area contributed by atoms with Crippen LogP contribution in [0.4, 0.5) is 5.69 Å². The highest BCUT2D eigenvalue weighted by atomic mass is 16.5. The second-order valence-corrected chi connectivity index (χ2v) is 5.85. The summed E-state index contributed by atoms with van der Waals surface area (Å²) in [5.74, 6) is 1.03. The van der Waals surface area contributed by atoms with Crippen LogP contribution in [0.25, 0.3) is 0 Å². The Morgan fingerprint density at radius 3 is 2.83 bits per heavy atom. The molecule has 0 atom stereocenters. The van der Waals surface area contributed by atoms with Gasteiger partial charge in [0.2, 0.25) is 0 Å². The molecule has 1 saturated heterocycles. The van der Waals surface area contributed by atoms with Crippen LogP contribution in [-0.4, -0.2) is 37.2 Å². The second kappa shape index (κ2) is 4.47. The fourth-order valence-electron chi connectivity index (χ4n) is 2.82. The van der Waals surface area contributed by atoms with Crippen LogP contribution in [0.5, 0.6) is 5.75 Å². The molecule has 18 heavy (non-hydrogen) atoms. The zero-order valence-corrected chi connectivity index (χ0v) is 11.3. The predicted octanol–water partition coefficient (Wildman–Crippen LogP) is 2.52. The first-order valence-electron chi connectivity index (χ1n) is 6.89. The van der Waals surface area contributed by atoms with Crippen molar-refractivity contribution in [1.82, 2.24) is 4.90 Å². The van der Waals surface area contributed by atoms with Crippen LogP contribution in [0.3, 0.4) is 0 Å². The number of hydrogen-bond acceptors (Lipinski definition) is 3. The molecule has 0 aliphatic carbocycles. The maximum absolute atomic E-state index is 6.26. The summed E-state index contributed by atoms with van der Waals surface area (Å²) in [4.78, 5) is 2.37. The summed E-state index contributed by atoms with van der Waals surface area (Å²) in [6.45, 7) is 5.55. The van der Waals surface area contributed by atoms with Crippen molar-refractivity contribution in [3.63, 3.8) is 0 Å². The third kappa shape index (κ3) is 2.32. The normalized spacial score (nSPS) is 22.3. The van der Waals surface area contributed by atoms with Gasteiger partial charge in [-0.1, -0.05) is 0 Å². The van der Waals surface area contributed by atoms with E-state index < -0.39 is 0 Å². The van der Waals surface area contributed by atoms with Crippen molar-refractivity contribution in [1.29, 1.82) is 0 Å². The summed E-state index contributed by atoms with van der Waals surface area (Å²) in [6, 6.07) is 6.45. The van der Waals surface area contributed by atoms with Crippen LogP contribution in [-0.2, 0) is 6.42 Å². The lowest BCUT2D eigenvalue weighted by Crippen LogP contribution is -2.44. The lowest BCUT2D eigenvalue weighted by Gasteiger charge is -2.38. The van der Waals surface area contributed by atoms with E-state index in [1.54, 1.807) is 0 Å². The molecule has 0 spiro atoms. The average molecular weight is 246 g/mol. The van der Waals surface area contributed by atoms with E-state index in [0.29, 0.717) is 0 Å². The number of ether oxygens (including phenoxy) is 1. The molecule has 0 aromatic heterocycles. The molecule has 1 aromatic rings. The molecule has 0 radical (unpaired) electrons. The number of likely N-dealkylation sites (tertiary alicyclic amines) is 1. The number of nitrogens with one attached hydrogen (secondary N) is 1. The fraction of sp³-hybridized carbons (Fsp3) is 0.600. The molecule has 2 heterocycles. The van der Waals surface area contributed by atoms with Gasteiger partial charge in [-0.25, -0.2) is 0 Å². The Balaban J connectivity index is 1.72. The molecule has 0 saturated carbocycles. The number of anilines is 1. The SMILES string of the molecule is CN1CCC(C)(Oc2ccc3c(c2)CCN3)CC1. The van der Waals surface area contributed by atoms with E-state index in [1.165, 1.54) is 11.3 Å². The van der Waals surface area contributed by atoms with Gasteiger partial charge in [-0.05, 0) is 57.0 Å². The highest BCUT2D eigenvalue weighted by Crippen LogP contribution is 2.31. The molecule has 3 heteroatoms. The first kappa shape index (κ1) is 11.8. The number of fused-ring (bicyclic) bond motifs is 1. The summed E-state index contributed by atoms with van der Waals surface area (Å²) in [5.41, 5.74) is 2.67. The van der Waals surface area contributed by atoms with Gasteiger partial charge in [0, 0.05) is 25.3 Å². The zero-order chi connectivity index (χ0) is 12.6. The van der Waals surface area contributed by atoms with E-state index in [1.807, 2.05) is 0 Å². The van der Waals surface area contributed by atoms with Gasteiger partial charge in [0.15, 0.2) is 0 Å². The van der Waals surface area contributed by atoms with Gasteiger partial charge in [-0.2, -0.15) is 0 Å². The van der Waals surface area contributed by atoms with Gasteiger partial charge in [0.25, 0.3) is 0 Å². The van der Waals surface area contributed by atoms with Crippen molar-refractivity contribution < 1.29 is 4.74 Å². The lowest BCUT2D eigenvalue weighted by atomic mass is 9.93. The molecule has 0 bridgehead atoms. The van der Waals surface area contributed by atoms with Crippen molar-refractivity contribution in [3.8, 4) is 5.75 Å². The maximum atomic E-state index is 6.26. The Morgan fingerprint density at radius 1 is 1.28 bits per heavy atom. The Morgan fingerprint density at radius 2 is 2.06 bits per heavy atom. The van der Waals surface area contributed by atoms with Crippen molar-refractivity contribution in [2.24, 2.45) is 0 Å². The lowest BCUT2D eigenvalue weighted by molar-refractivity contribution is 0.0240. The van der Waals surface area contributed by atoms with Gasteiger partial charge in [-0.3, -0.25) is 0 Å².